The average molecular weight is 205 g/mol. The summed E-state index contributed by atoms with van der Waals surface area (Å²) in [6.45, 7) is 2.18. The second-order valence-corrected chi connectivity index (χ2v) is 4.17. The van der Waals surface area contributed by atoms with Crippen molar-refractivity contribution < 1.29 is 0 Å². The van der Waals surface area contributed by atoms with Gasteiger partial charge < -0.3 is 5.73 Å². The minimum atomic E-state index is 0.977. The molecule has 0 bridgehead atoms. The molecule has 2 N–H and O–H groups in total. The van der Waals surface area contributed by atoms with E-state index in [-0.39, 0.29) is 0 Å². The molecule has 0 saturated carbocycles. The molecule has 0 unspecified atom stereocenters. The van der Waals surface area contributed by atoms with Gasteiger partial charge in [0, 0.05) is 5.75 Å². The largest absolute Gasteiger partial charge is 0.388 e. The number of thioether (sulfide) groups is 2. The molecule has 0 rings (SSSR count). The van der Waals surface area contributed by atoms with Crippen LogP contribution in [-0.2, 0) is 0 Å². The summed E-state index contributed by atoms with van der Waals surface area (Å²) < 4.78 is 0.977. The number of hydrogen-bond acceptors (Lipinski definition) is 4. The maximum atomic E-state index is 5.07. The molecule has 0 aromatic carbocycles. The van der Waals surface area contributed by atoms with Crippen molar-refractivity contribution in [1.82, 2.24) is 0 Å². The van der Waals surface area contributed by atoms with Crippen LogP contribution in [0.25, 0.3) is 0 Å². The summed E-state index contributed by atoms with van der Waals surface area (Å²) in [4.78, 5) is 0. The highest BCUT2D eigenvalue weighted by molar-refractivity contribution is 8.38. The third-order valence-corrected chi connectivity index (χ3v) is 3.21. The van der Waals surface area contributed by atoms with E-state index in [9.17, 15) is 0 Å². The van der Waals surface area contributed by atoms with Gasteiger partial charge in [-0.3, -0.25) is 0 Å². The summed E-state index contributed by atoms with van der Waals surface area (Å²) in [5.74, 6) is 1.11. The lowest BCUT2D eigenvalue weighted by Gasteiger charge is -1.98. The molecule has 0 fully saturated rings. The van der Waals surface area contributed by atoms with E-state index in [2.05, 4.69) is 17.1 Å². The third kappa shape index (κ3) is 6.54. The van der Waals surface area contributed by atoms with E-state index in [4.69, 9.17) is 5.73 Å². The fourth-order valence-corrected chi connectivity index (χ4v) is 2.08. The average Bonchev–Trinajstić information content (AvgIpc) is 2.11. The van der Waals surface area contributed by atoms with Crippen molar-refractivity contribution in [2.24, 2.45) is 15.9 Å². The SMILES string of the molecule is CCCCS/C(=N/N=C/N)SC. The van der Waals surface area contributed by atoms with Crippen LogP contribution < -0.4 is 5.73 Å². The highest BCUT2D eigenvalue weighted by Crippen LogP contribution is 2.15. The van der Waals surface area contributed by atoms with Gasteiger partial charge in [-0.15, -0.1) is 22.0 Å². The first kappa shape index (κ1) is 11.8. The Balaban J connectivity index is 3.66. The summed E-state index contributed by atoms with van der Waals surface area (Å²) >= 11 is 3.33. The molecule has 0 atom stereocenters. The quantitative estimate of drug-likeness (QED) is 0.331. The first-order chi connectivity index (χ1) is 5.85. The van der Waals surface area contributed by atoms with Crippen molar-refractivity contribution in [3.05, 3.63) is 0 Å². The van der Waals surface area contributed by atoms with Gasteiger partial charge in [-0.25, -0.2) is 0 Å². The Morgan fingerprint density at radius 2 is 2.33 bits per heavy atom. The van der Waals surface area contributed by atoms with Crippen LogP contribution in [0.15, 0.2) is 10.2 Å². The van der Waals surface area contributed by atoms with Crippen LogP contribution in [0.5, 0.6) is 0 Å². The van der Waals surface area contributed by atoms with Gasteiger partial charge in [-0.1, -0.05) is 25.1 Å². The Hall–Kier alpha value is -0.160. The lowest BCUT2D eigenvalue weighted by Crippen LogP contribution is -1.90. The van der Waals surface area contributed by atoms with Gasteiger partial charge in [-0.05, 0) is 12.7 Å². The van der Waals surface area contributed by atoms with Crippen molar-refractivity contribution in [3.63, 3.8) is 0 Å². The van der Waals surface area contributed by atoms with Crippen molar-refractivity contribution in [2.75, 3.05) is 12.0 Å². The molecule has 0 aromatic heterocycles. The molecule has 0 heterocycles. The molecule has 0 saturated heterocycles. The molecule has 3 nitrogen and oxygen atoms in total. The summed E-state index contributed by atoms with van der Waals surface area (Å²) in [5, 5.41) is 7.54. The van der Waals surface area contributed by atoms with Crippen molar-refractivity contribution in [1.29, 1.82) is 0 Å². The van der Waals surface area contributed by atoms with Gasteiger partial charge in [0.2, 0.25) is 0 Å². The predicted molar refractivity (Wildman–Crippen MR) is 61.0 cm³/mol. The van der Waals surface area contributed by atoms with Crippen molar-refractivity contribution >= 4 is 34.2 Å². The summed E-state index contributed by atoms with van der Waals surface area (Å²) in [5.41, 5.74) is 5.07. The van der Waals surface area contributed by atoms with Crippen LogP contribution >= 0.6 is 23.5 Å². The monoisotopic (exact) mass is 205 g/mol. The van der Waals surface area contributed by atoms with Crippen LogP contribution in [0.4, 0.5) is 0 Å². The van der Waals surface area contributed by atoms with E-state index < -0.39 is 0 Å². The fraction of sp³-hybridized carbons (Fsp3) is 0.714. The van der Waals surface area contributed by atoms with Gasteiger partial charge in [0.25, 0.3) is 0 Å². The molecule has 5 heteroatoms. The van der Waals surface area contributed by atoms with E-state index in [0.717, 1.165) is 10.1 Å². The van der Waals surface area contributed by atoms with Crippen LogP contribution in [-0.4, -0.2) is 22.7 Å². The number of hydrogen-bond donors (Lipinski definition) is 1. The van der Waals surface area contributed by atoms with Gasteiger partial charge in [-0.2, -0.15) is 0 Å². The highest BCUT2D eigenvalue weighted by atomic mass is 32.2. The zero-order chi connectivity index (χ0) is 9.23. The number of nitrogens with zero attached hydrogens (tertiary/aromatic N) is 2. The molecule has 0 aliphatic carbocycles. The predicted octanol–water partition coefficient (Wildman–Crippen LogP) is 2.14. The number of rotatable bonds is 4. The molecule has 0 spiro atoms. The molecule has 0 aliphatic heterocycles. The Morgan fingerprint density at radius 1 is 1.58 bits per heavy atom. The Morgan fingerprint density at radius 3 is 2.83 bits per heavy atom. The van der Waals surface area contributed by atoms with E-state index in [1.54, 1.807) is 23.5 Å². The molecule has 0 aromatic rings. The van der Waals surface area contributed by atoms with Gasteiger partial charge >= 0.3 is 0 Å². The Labute approximate surface area is 82.3 Å². The standard InChI is InChI=1S/C7H15N3S2/c1-3-4-5-12-7(11-2)10-9-6-8/h6H,3-5H2,1-2H3,(H2,8,9)/b10-7+. The zero-order valence-electron chi connectivity index (χ0n) is 7.49. The third-order valence-electron chi connectivity index (χ3n) is 1.10. The first-order valence-corrected chi connectivity index (χ1v) is 6.04. The zero-order valence-corrected chi connectivity index (χ0v) is 9.12. The summed E-state index contributed by atoms with van der Waals surface area (Å²) in [6, 6.07) is 0. The molecule has 0 amide bonds. The second kappa shape index (κ2) is 8.93. The lowest BCUT2D eigenvalue weighted by atomic mass is 10.4. The van der Waals surface area contributed by atoms with E-state index in [1.165, 1.54) is 19.2 Å². The molecule has 70 valence electrons. The van der Waals surface area contributed by atoms with E-state index in [1.807, 2.05) is 6.26 Å². The van der Waals surface area contributed by atoms with Gasteiger partial charge in [0.15, 0.2) is 4.38 Å². The van der Waals surface area contributed by atoms with Crippen LogP contribution in [0.3, 0.4) is 0 Å². The van der Waals surface area contributed by atoms with E-state index >= 15 is 0 Å². The van der Waals surface area contributed by atoms with Gasteiger partial charge in [0.05, 0.1) is 0 Å². The van der Waals surface area contributed by atoms with Gasteiger partial charge in [0.1, 0.15) is 6.34 Å². The highest BCUT2D eigenvalue weighted by Gasteiger charge is 1.96. The normalized spacial score (nSPS) is 12.7. The Kier molecular flexibility index (Phi) is 8.81. The molecular formula is C7H15N3S2. The minimum Gasteiger partial charge on any atom is -0.388 e. The number of unbranched alkanes of at least 4 members (excludes halogenated alkanes) is 1. The van der Waals surface area contributed by atoms with Crippen molar-refractivity contribution in [3.8, 4) is 0 Å². The summed E-state index contributed by atoms with van der Waals surface area (Å²) in [7, 11) is 0. The number of nitrogens with two attached hydrogens (primary N) is 1. The maximum absolute atomic E-state index is 5.07. The second-order valence-electron chi connectivity index (χ2n) is 2.04. The smallest absolute Gasteiger partial charge is 0.152 e. The molecule has 0 aliphatic rings. The maximum Gasteiger partial charge on any atom is 0.152 e. The lowest BCUT2D eigenvalue weighted by molar-refractivity contribution is 0.898. The van der Waals surface area contributed by atoms with Crippen LogP contribution in [0, 0.1) is 0 Å². The molecule has 0 radical (unpaired) electrons. The summed E-state index contributed by atoms with van der Waals surface area (Å²) in [6.07, 6.45) is 5.63. The van der Waals surface area contributed by atoms with Crippen molar-refractivity contribution in [2.45, 2.75) is 19.8 Å². The van der Waals surface area contributed by atoms with E-state index in [0.29, 0.717) is 0 Å². The van der Waals surface area contributed by atoms with Crippen LogP contribution in [0.2, 0.25) is 0 Å². The minimum absolute atomic E-state index is 0.977. The fourth-order valence-electron chi connectivity index (χ4n) is 0.513. The molecular weight excluding hydrogens is 190 g/mol. The Bertz CT molecular complexity index is 157. The van der Waals surface area contributed by atoms with Crippen LogP contribution in [0.1, 0.15) is 19.8 Å². The first-order valence-electron chi connectivity index (χ1n) is 3.83. The molecule has 12 heavy (non-hydrogen) atoms. The topological polar surface area (TPSA) is 50.7 Å².